The lowest BCUT2D eigenvalue weighted by Gasteiger charge is -2.30. The zero-order valence-corrected chi connectivity index (χ0v) is 15.3. The molecule has 1 aromatic rings. The van der Waals surface area contributed by atoms with E-state index in [0.717, 1.165) is 0 Å². The monoisotopic (exact) mass is 373 g/mol. The Morgan fingerprint density at radius 3 is 2.04 bits per heavy atom. The average Bonchev–Trinajstić information content (AvgIpc) is 2.90. The second kappa shape index (κ2) is 8.50. The van der Waals surface area contributed by atoms with Gasteiger partial charge in [0.05, 0.1) is 13.2 Å². The Kier molecular flexibility index (Phi) is 6.93. The fourth-order valence-electron chi connectivity index (χ4n) is 1.94. The van der Waals surface area contributed by atoms with Crippen molar-refractivity contribution in [1.29, 1.82) is 0 Å². The van der Waals surface area contributed by atoms with Gasteiger partial charge in [0, 0.05) is 6.42 Å². The van der Waals surface area contributed by atoms with Gasteiger partial charge in [0.2, 0.25) is 5.54 Å². The Morgan fingerprint density at radius 1 is 1.12 bits per heavy atom. The van der Waals surface area contributed by atoms with Crippen LogP contribution in [-0.2, 0) is 30.2 Å². The number of esters is 2. The number of aromatic nitrogens is 2. The van der Waals surface area contributed by atoms with E-state index < -0.39 is 41.2 Å². The molecule has 0 bridgehead atoms. The van der Waals surface area contributed by atoms with Crippen molar-refractivity contribution in [3.05, 3.63) is 16.0 Å². The van der Waals surface area contributed by atoms with Crippen molar-refractivity contribution >= 4 is 18.0 Å². The molecule has 1 aromatic heterocycles. The molecule has 0 fully saturated rings. The Balaban J connectivity index is 3.34. The Bertz CT molecular complexity index is 682. The summed E-state index contributed by atoms with van der Waals surface area (Å²) < 4.78 is 19.4. The first-order valence-electron chi connectivity index (χ1n) is 7.94. The maximum absolute atomic E-state index is 12.6. The molecule has 0 unspecified atom stereocenters. The molecule has 0 radical (unpaired) electrons. The van der Waals surface area contributed by atoms with Gasteiger partial charge in [-0.2, -0.15) is 5.16 Å². The second-order valence-electron chi connectivity index (χ2n) is 6.21. The van der Waals surface area contributed by atoms with Crippen LogP contribution in [0.1, 0.15) is 40.3 Å². The van der Waals surface area contributed by atoms with Crippen LogP contribution >= 0.6 is 0 Å². The molecule has 0 saturated carbocycles. The molecule has 2 N–H and O–H groups in total. The van der Waals surface area contributed by atoms with Crippen molar-refractivity contribution in [2.45, 2.75) is 52.2 Å². The van der Waals surface area contributed by atoms with Crippen LogP contribution < -0.4 is 10.9 Å². The molecule has 1 heterocycles. The van der Waals surface area contributed by atoms with Crippen LogP contribution in [-0.4, -0.2) is 52.7 Å². The van der Waals surface area contributed by atoms with Crippen molar-refractivity contribution in [1.82, 2.24) is 15.6 Å². The summed E-state index contributed by atoms with van der Waals surface area (Å²) in [4.78, 5) is 49.1. The van der Waals surface area contributed by atoms with Gasteiger partial charge in [0.15, 0.2) is 5.69 Å². The van der Waals surface area contributed by atoms with E-state index in [4.69, 9.17) is 14.2 Å². The third-order valence-corrected chi connectivity index (χ3v) is 2.95. The maximum atomic E-state index is 12.6. The van der Waals surface area contributed by atoms with Crippen LogP contribution in [0.15, 0.2) is 9.42 Å². The number of nitrogens with one attached hydrogen (secondary N) is 2. The predicted molar refractivity (Wildman–Crippen MR) is 86.2 cm³/mol. The molecule has 0 saturated heterocycles. The number of nitrogens with zero attached hydrogens (tertiary/aromatic N) is 1. The first-order valence-corrected chi connectivity index (χ1v) is 7.94. The standard InChI is InChI=1S/C15H23N3O8/c1-6-23-11(20)15(12(21)24-7-2,8-9-10(19)18-26-17-9)16-13(22)25-14(3,4)5/h6-8H2,1-5H3,(H,16,22)(H,18,19). The third kappa shape index (κ3) is 5.33. The van der Waals surface area contributed by atoms with Gasteiger partial charge in [-0.25, -0.2) is 14.4 Å². The van der Waals surface area contributed by atoms with E-state index in [-0.39, 0.29) is 18.9 Å². The molecule has 0 aliphatic carbocycles. The summed E-state index contributed by atoms with van der Waals surface area (Å²) in [6.45, 7) is 7.69. The minimum atomic E-state index is -2.36. The van der Waals surface area contributed by atoms with Crippen molar-refractivity contribution in [2.24, 2.45) is 0 Å². The highest BCUT2D eigenvalue weighted by atomic mass is 16.6. The van der Waals surface area contributed by atoms with Crippen LogP contribution in [0, 0.1) is 0 Å². The Labute approximate surface area is 149 Å². The summed E-state index contributed by atoms with van der Waals surface area (Å²) >= 11 is 0. The normalized spacial score (nSPS) is 11.6. The van der Waals surface area contributed by atoms with E-state index in [1.54, 1.807) is 20.8 Å². The quantitative estimate of drug-likeness (QED) is 0.390. The summed E-state index contributed by atoms with van der Waals surface area (Å²) in [6, 6.07) is 0. The van der Waals surface area contributed by atoms with E-state index in [1.807, 2.05) is 5.16 Å². The SMILES string of the molecule is CCOC(=O)C(Cc1no[nH]c1=O)(NC(=O)OC(C)(C)C)C(=O)OCC. The number of hydrogen-bond acceptors (Lipinski definition) is 9. The first kappa shape index (κ1) is 21.2. The summed E-state index contributed by atoms with van der Waals surface area (Å²) in [6.07, 6.45) is -1.71. The summed E-state index contributed by atoms with van der Waals surface area (Å²) in [5.41, 5.74) is -4.33. The molecule has 0 aromatic carbocycles. The number of carbonyl (C=O) groups excluding carboxylic acids is 3. The average molecular weight is 373 g/mol. The molecule has 0 aliphatic rings. The minimum Gasteiger partial charge on any atom is -0.464 e. The van der Waals surface area contributed by atoms with Gasteiger partial charge in [-0.05, 0) is 34.6 Å². The highest BCUT2D eigenvalue weighted by molar-refractivity contribution is 6.07. The smallest absolute Gasteiger partial charge is 0.409 e. The molecule has 146 valence electrons. The van der Waals surface area contributed by atoms with Crippen LogP contribution in [0.4, 0.5) is 4.79 Å². The van der Waals surface area contributed by atoms with Crippen LogP contribution in [0.5, 0.6) is 0 Å². The highest BCUT2D eigenvalue weighted by Gasteiger charge is 2.52. The Hall–Kier alpha value is -2.85. The van der Waals surface area contributed by atoms with E-state index in [1.165, 1.54) is 13.8 Å². The van der Waals surface area contributed by atoms with Gasteiger partial charge in [-0.3, -0.25) is 14.7 Å². The number of rotatable bonds is 7. The summed E-state index contributed by atoms with van der Waals surface area (Å²) in [5.74, 6) is -2.24. The lowest BCUT2D eigenvalue weighted by Crippen LogP contribution is -2.63. The molecular formula is C15H23N3O8. The molecule has 1 rings (SSSR count). The van der Waals surface area contributed by atoms with Crippen molar-refractivity contribution < 1.29 is 33.2 Å². The van der Waals surface area contributed by atoms with E-state index >= 15 is 0 Å². The Morgan fingerprint density at radius 2 is 1.65 bits per heavy atom. The summed E-state index contributed by atoms with van der Waals surface area (Å²) in [5, 5.41) is 7.53. The van der Waals surface area contributed by atoms with Crippen LogP contribution in [0.3, 0.4) is 0 Å². The fourth-order valence-corrected chi connectivity index (χ4v) is 1.94. The van der Waals surface area contributed by atoms with Gasteiger partial charge in [0.1, 0.15) is 5.60 Å². The van der Waals surface area contributed by atoms with Gasteiger partial charge in [-0.15, -0.1) is 0 Å². The van der Waals surface area contributed by atoms with Crippen molar-refractivity contribution in [3.63, 3.8) is 0 Å². The first-order chi connectivity index (χ1) is 12.1. The zero-order chi connectivity index (χ0) is 20.0. The van der Waals surface area contributed by atoms with Crippen LogP contribution in [0.2, 0.25) is 0 Å². The molecule has 1 amide bonds. The summed E-state index contributed by atoms with van der Waals surface area (Å²) in [7, 11) is 0. The third-order valence-electron chi connectivity index (χ3n) is 2.95. The largest absolute Gasteiger partial charge is 0.464 e. The van der Waals surface area contributed by atoms with Crippen molar-refractivity contribution in [3.8, 4) is 0 Å². The van der Waals surface area contributed by atoms with E-state index in [2.05, 4.69) is 15.1 Å². The maximum Gasteiger partial charge on any atom is 0.409 e. The number of hydrogen-bond donors (Lipinski definition) is 2. The van der Waals surface area contributed by atoms with Crippen molar-refractivity contribution in [2.75, 3.05) is 13.2 Å². The molecule has 0 atom stereocenters. The van der Waals surface area contributed by atoms with E-state index in [0.29, 0.717) is 0 Å². The number of amides is 1. The molecule has 0 spiro atoms. The molecule has 26 heavy (non-hydrogen) atoms. The van der Waals surface area contributed by atoms with Gasteiger partial charge in [0.25, 0.3) is 0 Å². The zero-order valence-electron chi connectivity index (χ0n) is 15.3. The topological polar surface area (TPSA) is 150 Å². The van der Waals surface area contributed by atoms with E-state index in [9.17, 15) is 19.2 Å². The molecular weight excluding hydrogens is 350 g/mol. The van der Waals surface area contributed by atoms with Crippen LogP contribution in [0.25, 0.3) is 0 Å². The molecule has 0 aliphatic heterocycles. The molecule has 11 heteroatoms. The van der Waals surface area contributed by atoms with Gasteiger partial charge in [-0.1, -0.05) is 5.16 Å². The van der Waals surface area contributed by atoms with Gasteiger partial charge >= 0.3 is 23.6 Å². The number of alkyl carbamates (subject to hydrolysis) is 1. The molecule has 11 nitrogen and oxygen atoms in total. The number of carbonyl (C=O) groups is 3. The lowest BCUT2D eigenvalue weighted by atomic mass is 9.93. The number of aromatic amines is 1. The number of ether oxygens (including phenoxy) is 3. The lowest BCUT2D eigenvalue weighted by molar-refractivity contribution is -0.166. The second-order valence-corrected chi connectivity index (χ2v) is 6.21. The van der Waals surface area contributed by atoms with Gasteiger partial charge < -0.3 is 14.2 Å². The fraction of sp³-hybridized carbons (Fsp3) is 0.667. The predicted octanol–water partition coefficient (Wildman–Crippen LogP) is 0.295. The highest BCUT2D eigenvalue weighted by Crippen LogP contribution is 2.18. The minimum absolute atomic E-state index is 0.0782. The number of H-pyrrole nitrogens is 1.